The van der Waals surface area contributed by atoms with Gasteiger partial charge in [0.05, 0.1) is 6.61 Å². The van der Waals surface area contributed by atoms with Gasteiger partial charge in [-0.15, -0.1) is 0 Å². The highest BCUT2D eigenvalue weighted by atomic mass is 19.2. The summed E-state index contributed by atoms with van der Waals surface area (Å²) in [5, 5.41) is 0.000666. The maximum absolute atomic E-state index is 14.4. The molecular weight excluding hydrogens is 296 g/mol. The lowest BCUT2D eigenvalue weighted by molar-refractivity contribution is 0.296. The van der Waals surface area contributed by atoms with Gasteiger partial charge < -0.3 is 4.74 Å². The van der Waals surface area contributed by atoms with E-state index < -0.39 is 23.3 Å². The predicted octanol–water partition coefficient (Wildman–Crippen LogP) is 5.34. The van der Waals surface area contributed by atoms with Crippen LogP contribution in [-0.4, -0.2) is 6.61 Å². The van der Waals surface area contributed by atoms with E-state index in [-0.39, 0.29) is 28.5 Å². The number of rotatable bonds is 3. The number of hydrogen-bond acceptors (Lipinski definition) is 1. The fraction of sp³-hybridized carbons (Fsp3) is 0.176. The molecule has 0 spiro atoms. The molecule has 0 aromatic heterocycles. The van der Waals surface area contributed by atoms with Crippen LogP contribution in [0.5, 0.6) is 5.75 Å². The Morgan fingerprint density at radius 1 is 0.818 bits per heavy atom. The lowest BCUT2D eigenvalue weighted by Crippen LogP contribution is -2.00. The first kappa shape index (κ1) is 14.6. The van der Waals surface area contributed by atoms with E-state index in [2.05, 4.69) is 0 Å². The van der Waals surface area contributed by atoms with Crippen LogP contribution in [0.2, 0.25) is 0 Å². The zero-order valence-electron chi connectivity index (χ0n) is 11.7. The molecule has 0 amide bonds. The normalized spacial score (nSPS) is 11.3. The monoisotopic (exact) mass is 308 g/mol. The summed E-state index contributed by atoms with van der Waals surface area (Å²) in [5.74, 6) is -4.96. The molecule has 1 nitrogen and oxygen atoms in total. The first-order chi connectivity index (χ1) is 10.5. The Hall–Kier alpha value is -2.30. The highest BCUT2D eigenvalue weighted by Crippen LogP contribution is 2.35. The largest absolute Gasteiger partial charge is 0.490 e. The molecule has 0 aliphatic carbocycles. The van der Waals surface area contributed by atoms with Crippen molar-refractivity contribution < 1.29 is 22.3 Å². The Kier molecular flexibility index (Phi) is 3.64. The molecule has 0 aliphatic rings. The standard InChI is InChI=1S/C17H12F4O/c1-2-7-22-12-8-10-4-3-9-5-6-11(18)15(19)13(9)14(10)17(21)16(12)20/h3-6,8H,2,7H2,1H3. The van der Waals surface area contributed by atoms with Crippen LogP contribution in [0.25, 0.3) is 21.5 Å². The molecule has 0 fully saturated rings. The van der Waals surface area contributed by atoms with Crippen LogP contribution in [0.4, 0.5) is 17.6 Å². The molecule has 0 bridgehead atoms. The van der Waals surface area contributed by atoms with Crippen molar-refractivity contribution in [1.29, 1.82) is 0 Å². The second-order valence-corrected chi connectivity index (χ2v) is 4.97. The number of halogens is 4. The maximum Gasteiger partial charge on any atom is 0.201 e. The fourth-order valence-electron chi connectivity index (χ4n) is 2.46. The quantitative estimate of drug-likeness (QED) is 0.469. The van der Waals surface area contributed by atoms with Crippen molar-refractivity contribution in [2.45, 2.75) is 13.3 Å². The number of hydrogen-bond donors (Lipinski definition) is 0. The summed E-state index contributed by atoms with van der Waals surface area (Å²) in [4.78, 5) is 0. The van der Waals surface area contributed by atoms with Gasteiger partial charge in [-0.05, 0) is 29.3 Å². The van der Waals surface area contributed by atoms with Crippen LogP contribution in [0.15, 0.2) is 30.3 Å². The van der Waals surface area contributed by atoms with Gasteiger partial charge in [0.1, 0.15) is 0 Å². The van der Waals surface area contributed by atoms with E-state index in [1.807, 2.05) is 6.92 Å². The summed E-state index contributed by atoms with van der Waals surface area (Å²) in [6.45, 7) is 2.07. The van der Waals surface area contributed by atoms with E-state index in [1.54, 1.807) is 0 Å². The average Bonchev–Trinajstić information content (AvgIpc) is 2.52. The van der Waals surface area contributed by atoms with Crippen LogP contribution >= 0.6 is 0 Å². The fourth-order valence-corrected chi connectivity index (χ4v) is 2.46. The van der Waals surface area contributed by atoms with Gasteiger partial charge in [0.2, 0.25) is 5.82 Å². The summed E-state index contributed by atoms with van der Waals surface area (Å²) in [5.41, 5.74) is 0. The third-order valence-electron chi connectivity index (χ3n) is 3.49. The molecule has 22 heavy (non-hydrogen) atoms. The van der Waals surface area contributed by atoms with Gasteiger partial charge in [0, 0.05) is 10.8 Å². The van der Waals surface area contributed by atoms with E-state index >= 15 is 0 Å². The van der Waals surface area contributed by atoms with E-state index in [0.717, 1.165) is 6.07 Å². The van der Waals surface area contributed by atoms with Crippen LogP contribution in [-0.2, 0) is 0 Å². The van der Waals surface area contributed by atoms with Crippen LogP contribution < -0.4 is 4.74 Å². The Balaban J connectivity index is 2.39. The van der Waals surface area contributed by atoms with Gasteiger partial charge in [-0.25, -0.2) is 13.2 Å². The molecule has 0 radical (unpaired) electrons. The van der Waals surface area contributed by atoms with E-state index in [0.29, 0.717) is 11.8 Å². The van der Waals surface area contributed by atoms with Gasteiger partial charge in [-0.1, -0.05) is 25.1 Å². The van der Waals surface area contributed by atoms with Crippen LogP contribution in [0.1, 0.15) is 13.3 Å². The van der Waals surface area contributed by atoms with Gasteiger partial charge >= 0.3 is 0 Å². The van der Waals surface area contributed by atoms with Gasteiger partial charge in [0.25, 0.3) is 0 Å². The van der Waals surface area contributed by atoms with Crippen LogP contribution in [0, 0.1) is 23.3 Å². The van der Waals surface area contributed by atoms with Gasteiger partial charge in [0.15, 0.2) is 23.2 Å². The molecule has 0 N–H and O–H groups in total. The van der Waals surface area contributed by atoms with Crippen molar-refractivity contribution in [2.75, 3.05) is 6.61 Å². The Labute approximate surface area is 124 Å². The molecule has 0 saturated heterocycles. The highest BCUT2D eigenvalue weighted by molar-refractivity contribution is 6.08. The Morgan fingerprint density at radius 2 is 1.45 bits per heavy atom. The highest BCUT2D eigenvalue weighted by Gasteiger charge is 2.19. The van der Waals surface area contributed by atoms with Crippen LogP contribution in [0.3, 0.4) is 0 Å². The van der Waals surface area contributed by atoms with E-state index in [9.17, 15) is 17.6 Å². The molecule has 0 heterocycles. The van der Waals surface area contributed by atoms with Crippen molar-refractivity contribution in [3.05, 3.63) is 53.6 Å². The Bertz CT molecular complexity index is 874. The minimum atomic E-state index is -1.24. The topological polar surface area (TPSA) is 9.23 Å². The summed E-state index contributed by atoms with van der Waals surface area (Å²) in [6.07, 6.45) is 0.636. The second kappa shape index (κ2) is 5.48. The SMILES string of the molecule is CCCOc1cc2ccc3ccc(F)c(F)c3c2c(F)c1F. The van der Waals surface area contributed by atoms with Crippen molar-refractivity contribution in [3.63, 3.8) is 0 Å². The Morgan fingerprint density at radius 3 is 2.18 bits per heavy atom. The molecule has 0 aliphatic heterocycles. The minimum Gasteiger partial charge on any atom is -0.490 e. The molecule has 5 heteroatoms. The lowest BCUT2D eigenvalue weighted by Gasteiger charge is -2.11. The summed E-state index contributed by atoms with van der Waals surface area (Å²) >= 11 is 0. The molecule has 3 aromatic carbocycles. The molecule has 3 aromatic rings. The number of fused-ring (bicyclic) bond motifs is 3. The molecule has 3 rings (SSSR count). The van der Waals surface area contributed by atoms with Crippen molar-refractivity contribution in [2.24, 2.45) is 0 Å². The molecule has 0 unspecified atom stereocenters. The van der Waals surface area contributed by atoms with Gasteiger partial charge in [-0.2, -0.15) is 4.39 Å². The van der Waals surface area contributed by atoms with E-state index in [1.165, 1.54) is 24.3 Å². The van der Waals surface area contributed by atoms with Gasteiger partial charge in [-0.3, -0.25) is 0 Å². The first-order valence-electron chi connectivity index (χ1n) is 6.85. The number of ether oxygens (including phenoxy) is 1. The minimum absolute atomic E-state index is 0.233. The first-order valence-corrected chi connectivity index (χ1v) is 6.85. The van der Waals surface area contributed by atoms with E-state index in [4.69, 9.17) is 4.74 Å². The second-order valence-electron chi connectivity index (χ2n) is 4.97. The van der Waals surface area contributed by atoms with Crippen molar-refractivity contribution in [1.82, 2.24) is 0 Å². The summed E-state index contributed by atoms with van der Waals surface area (Å²) in [6, 6.07) is 6.63. The average molecular weight is 308 g/mol. The zero-order chi connectivity index (χ0) is 15.9. The maximum atomic E-state index is 14.4. The molecular formula is C17H12F4O. The third-order valence-corrected chi connectivity index (χ3v) is 3.49. The van der Waals surface area contributed by atoms with Crippen molar-refractivity contribution >= 4 is 21.5 Å². The summed E-state index contributed by atoms with van der Waals surface area (Å²) < 4.78 is 61.1. The molecule has 0 atom stereocenters. The lowest BCUT2D eigenvalue weighted by atomic mass is 10.0. The third kappa shape index (κ3) is 2.17. The number of benzene rings is 3. The zero-order valence-corrected chi connectivity index (χ0v) is 11.7. The summed E-state index contributed by atoms with van der Waals surface area (Å²) in [7, 11) is 0. The predicted molar refractivity (Wildman–Crippen MR) is 77.1 cm³/mol. The molecule has 114 valence electrons. The smallest absolute Gasteiger partial charge is 0.201 e. The van der Waals surface area contributed by atoms with Crippen molar-refractivity contribution in [3.8, 4) is 5.75 Å². The molecule has 0 saturated carbocycles.